The molecule has 3 N–H and O–H groups in total. The van der Waals surface area contributed by atoms with Crippen LogP contribution >= 0.6 is 15.9 Å². The Balaban J connectivity index is 0.000000284. The third kappa shape index (κ3) is 8.89. The first kappa shape index (κ1) is 19.0. The number of aliphatic carboxylic acids is 2. The Labute approximate surface area is 142 Å². The summed E-state index contributed by atoms with van der Waals surface area (Å²) >= 11 is 3.30. The lowest BCUT2D eigenvalue weighted by molar-refractivity contribution is -0.134. The monoisotopic (exact) mass is 386 g/mol. The smallest absolute Gasteiger partial charge is 0.328 e. The number of rotatable bonds is 3. The van der Waals surface area contributed by atoms with Crippen LogP contribution in [0.4, 0.5) is 5.82 Å². The van der Waals surface area contributed by atoms with Crippen LogP contribution in [0.3, 0.4) is 0 Å². The first-order valence-corrected chi connectivity index (χ1v) is 7.87. The van der Waals surface area contributed by atoms with Gasteiger partial charge in [-0.25, -0.2) is 9.59 Å². The molecule has 0 saturated carbocycles. The molecule has 0 bridgehead atoms. The van der Waals surface area contributed by atoms with Crippen LogP contribution in [0, 0.1) is 0 Å². The zero-order chi connectivity index (χ0) is 17.1. The van der Waals surface area contributed by atoms with Gasteiger partial charge >= 0.3 is 11.9 Å². The maximum Gasteiger partial charge on any atom is 0.328 e. The Morgan fingerprint density at radius 3 is 2.09 bits per heavy atom. The second kappa shape index (κ2) is 10.7. The first-order valence-electron chi connectivity index (χ1n) is 7.08. The number of nitrogens with zero attached hydrogens (tertiary/aromatic N) is 3. The average molecular weight is 387 g/mol. The van der Waals surface area contributed by atoms with Gasteiger partial charge in [0.2, 0.25) is 0 Å². The SMILES string of the molecule is Brc1ccc(N2CCCNCCC2)nn1.O=C(O)/C=C/C(=O)O. The number of anilines is 1. The van der Waals surface area contributed by atoms with Crippen molar-refractivity contribution in [2.75, 3.05) is 31.1 Å². The van der Waals surface area contributed by atoms with E-state index < -0.39 is 11.9 Å². The summed E-state index contributed by atoms with van der Waals surface area (Å²) < 4.78 is 0.792. The maximum absolute atomic E-state index is 9.55. The largest absolute Gasteiger partial charge is 0.478 e. The Morgan fingerprint density at radius 2 is 1.65 bits per heavy atom. The van der Waals surface area contributed by atoms with Crippen molar-refractivity contribution >= 4 is 33.7 Å². The molecule has 0 unspecified atom stereocenters. The normalized spacial score (nSPS) is 15.3. The van der Waals surface area contributed by atoms with E-state index in [9.17, 15) is 9.59 Å². The highest BCUT2D eigenvalue weighted by molar-refractivity contribution is 9.10. The van der Waals surface area contributed by atoms with Crippen LogP contribution in [0.25, 0.3) is 0 Å². The Hall–Kier alpha value is -2.00. The first-order chi connectivity index (χ1) is 11.0. The summed E-state index contributed by atoms with van der Waals surface area (Å²) in [6.45, 7) is 4.31. The third-order valence-electron chi connectivity index (χ3n) is 2.87. The van der Waals surface area contributed by atoms with Crippen LogP contribution in [-0.2, 0) is 9.59 Å². The topological polar surface area (TPSA) is 116 Å². The minimum Gasteiger partial charge on any atom is -0.478 e. The molecule has 23 heavy (non-hydrogen) atoms. The molecule has 9 heteroatoms. The molecule has 0 aromatic carbocycles. The third-order valence-corrected chi connectivity index (χ3v) is 3.30. The van der Waals surface area contributed by atoms with E-state index in [1.165, 1.54) is 0 Å². The summed E-state index contributed by atoms with van der Waals surface area (Å²) in [6, 6.07) is 3.96. The number of hydrogen-bond acceptors (Lipinski definition) is 6. The number of aromatic nitrogens is 2. The second-order valence-electron chi connectivity index (χ2n) is 4.67. The average Bonchev–Trinajstić information content (AvgIpc) is 2.47. The molecule has 1 fully saturated rings. The molecule has 1 aliphatic heterocycles. The van der Waals surface area contributed by atoms with Crippen LogP contribution < -0.4 is 10.2 Å². The van der Waals surface area contributed by atoms with Crippen LogP contribution in [0.2, 0.25) is 0 Å². The van der Waals surface area contributed by atoms with Gasteiger partial charge in [-0.3, -0.25) is 0 Å². The lowest BCUT2D eigenvalue weighted by Gasteiger charge is -2.25. The Bertz CT molecular complexity index is 512. The van der Waals surface area contributed by atoms with E-state index in [1.807, 2.05) is 12.1 Å². The van der Waals surface area contributed by atoms with E-state index in [0.29, 0.717) is 12.2 Å². The van der Waals surface area contributed by atoms with E-state index in [4.69, 9.17) is 10.2 Å². The van der Waals surface area contributed by atoms with Gasteiger partial charge in [0.15, 0.2) is 5.82 Å². The maximum atomic E-state index is 9.55. The molecule has 0 radical (unpaired) electrons. The van der Waals surface area contributed by atoms with Crippen molar-refractivity contribution in [2.24, 2.45) is 0 Å². The van der Waals surface area contributed by atoms with Gasteiger partial charge in [-0.15, -0.1) is 10.2 Å². The second-order valence-corrected chi connectivity index (χ2v) is 5.48. The number of carboxylic acid groups (broad SMARTS) is 2. The fourth-order valence-electron chi connectivity index (χ4n) is 1.88. The van der Waals surface area contributed by atoms with Crippen molar-refractivity contribution in [3.63, 3.8) is 0 Å². The summed E-state index contributed by atoms with van der Waals surface area (Å²) in [5, 5.41) is 27.2. The van der Waals surface area contributed by atoms with E-state index in [2.05, 4.69) is 36.3 Å². The number of carboxylic acids is 2. The van der Waals surface area contributed by atoms with Gasteiger partial charge in [-0.05, 0) is 54.0 Å². The standard InChI is InChI=1S/C10H15BrN4.C4H4O4/c11-9-3-4-10(14-13-9)15-7-1-5-12-6-2-8-15;5-3(6)1-2-4(7)8/h3-4,12H,1-2,5-8H2;1-2H,(H,5,6)(H,7,8)/b;2-1+. The summed E-state index contributed by atoms with van der Waals surface area (Å²) in [5.41, 5.74) is 0. The minimum atomic E-state index is -1.26. The minimum absolute atomic E-state index is 0.558. The van der Waals surface area contributed by atoms with Crippen molar-refractivity contribution in [3.05, 3.63) is 28.9 Å². The predicted octanol–water partition coefficient (Wildman–Crippen LogP) is 1.14. The highest BCUT2D eigenvalue weighted by Crippen LogP contribution is 2.13. The quantitative estimate of drug-likeness (QED) is 0.662. The van der Waals surface area contributed by atoms with Gasteiger partial charge in [0.25, 0.3) is 0 Å². The zero-order valence-electron chi connectivity index (χ0n) is 12.5. The lowest BCUT2D eigenvalue weighted by atomic mass is 10.2. The fourth-order valence-corrected chi connectivity index (χ4v) is 2.09. The highest BCUT2D eigenvalue weighted by atomic mass is 79.9. The van der Waals surface area contributed by atoms with Crippen LogP contribution in [-0.4, -0.2) is 58.5 Å². The Kier molecular flexibility index (Phi) is 8.85. The van der Waals surface area contributed by atoms with Crippen molar-refractivity contribution < 1.29 is 19.8 Å². The van der Waals surface area contributed by atoms with Gasteiger partial charge < -0.3 is 20.4 Å². The fraction of sp³-hybridized carbons (Fsp3) is 0.429. The number of hydrogen-bond donors (Lipinski definition) is 3. The van der Waals surface area contributed by atoms with Crippen molar-refractivity contribution in [1.82, 2.24) is 15.5 Å². The van der Waals surface area contributed by atoms with Crippen molar-refractivity contribution in [3.8, 4) is 0 Å². The molecule has 0 aliphatic carbocycles. The molecule has 1 aromatic rings. The molecule has 2 rings (SSSR count). The molecular weight excluding hydrogens is 368 g/mol. The summed E-state index contributed by atoms with van der Waals surface area (Å²) in [5.74, 6) is -1.53. The highest BCUT2D eigenvalue weighted by Gasteiger charge is 2.09. The molecule has 1 saturated heterocycles. The number of carbonyl (C=O) groups is 2. The van der Waals surface area contributed by atoms with E-state index in [1.54, 1.807) is 0 Å². The summed E-state index contributed by atoms with van der Waals surface area (Å²) in [4.78, 5) is 21.4. The van der Waals surface area contributed by atoms with Gasteiger partial charge in [-0.2, -0.15) is 0 Å². The molecular formula is C14H19BrN4O4. The molecule has 2 heterocycles. The van der Waals surface area contributed by atoms with E-state index >= 15 is 0 Å². The van der Waals surface area contributed by atoms with Gasteiger partial charge in [-0.1, -0.05) is 0 Å². The van der Waals surface area contributed by atoms with E-state index in [0.717, 1.165) is 49.4 Å². The number of nitrogens with one attached hydrogen (secondary N) is 1. The zero-order valence-corrected chi connectivity index (χ0v) is 14.1. The molecule has 1 aromatic heterocycles. The van der Waals surface area contributed by atoms with E-state index in [-0.39, 0.29) is 0 Å². The molecule has 1 aliphatic rings. The Morgan fingerprint density at radius 1 is 1.09 bits per heavy atom. The lowest BCUT2D eigenvalue weighted by Crippen LogP contribution is -2.34. The molecule has 0 amide bonds. The summed E-state index contributed by atoms with van der Waals surface area (Å²) in [7, 11) is 0. The predicted molar refractivity (Wildman–Crippen MR) is 88.5 cm³/mol. The number of halogens is 1. The molecule has 126 valence electrons. The molecule has 0 spiro atoms. The summed E-state index contributed by atoms with van der Waals surface area (Å²) in [6.07, 6.45) is 3.44. The van der Waals surface area contributed by atoms with Crippen LogP contribution in [0.1, 0.15) is 12.8 Å². The van der Waals surface area contributed by atoms with Gasteiger partial charge in [0.1, 0.15) is 4.60 Å². The van der Waals surface area contributed by atoms with Gasteiger partial charge in [0.05, 0.1) is 0 Å². The van der Waals surface area contributed by atoms with Crippen LogP contribution in [0.15, 0.2) is 28.9 Å². The molecule has 0 atom stereocenters. The van der Waals surface area contributed by atoms with Gasteiger partial charge in [0, 0.05) is 25.2 Å². The van der Waals surface area contributed by atoms with Crippen molar-refractivity contribution in [1.29, 1.82) is 0 Å². The van der Waals surface area contributed by atoms with Crippen LogP contribution in [0.5, 0.6) is 0 Å². The molecule has 8 nitrogen and oxygen atoms in total. The van der Waals surface area contributed by atoms with Crippen molar-refractivity contribution in [2.45, 2.75) is 12.8 Å².